The number of anilines is 2. The van der Waals surface area contributed by atoms with Crippen LogP contribution in [0.1, 0.15) is 19.8 Å². The second kappa shape index (κ2) is 5.21. The van der Waals surface area contributed by atoms with E-state index in [-0.39, 0.29) is 0 Å². The van der Waals surface area contributed by atoms with Crippen molar-refractivity contribution in [2.24, 2.45) is 0 Å². The maximum absolute atomic E-state index is 5.71. The summed E-state index contributed by atoms with van der Waals surface area (Å²) in [5, 5.41) is 0. The van der Waals surface area contributed by atoms with Crippen molar-refractivity contribution in [3.63, 3.8) is 0 Å². The van der Waals surface area contributed by atoms with Crippen LogP contribution in [0, 0.1) is 0 Å². The van der Waals surface area contributed by atoms with Crippen molar-refractivity contribution in [3.8, 4) is 0 Å². The molecule has 2 N–H and O–H groups in total. The van der Waals surface area contributed by atoms with E-state index in [1.165, 1.54) is 5.69 Å². The van der Waals surface area contributed by atoms with Gasteiger partial charge in [-0.2, -0.15) is 0 Å². The third-order valence-corrected chi connectivity index (χ3v) is 3.04. The van der Waals surface area contributed by atoms with E-state index in [2.05, 4.69) is 24.0 Å². The van der Waals surface area contributed by atoms with Crippen molar-refractivity contribution < 1.29 is 4.74 Å². The molecule has 1 heterocycles. The van der Waals surface area contributed by atoms with Crippen molar-refractivity contribution in [1.29, 1.82) is 0 Å². The average Bonchev–Trinajstić information content (AvgIpc) is 2.81. The second-order valence-corrected chi connectivity index (χ2v) is 4.30. The molecule has 3 heteroatoms. The highest BCUT2D eigenvalue weighted by Gasteiger charge is 2.22. The molecule has 1 aliphatic rings. The van der Waals surface area contributed by atoms with E-state index in [4.69, 9.17) is 10.5 Å². The zero-order chi connectivity index (χ0) is 11.4. The van der Waals surface area contributed by atoms with Gasteiger partial charge in [0.15, 0.2) is 0 Å². The summed E-state index contributed by atoms with van der Waals surface area (Å²) in [6.45, 7) is 5.03. The molecule has 3 nitrogen and oxygen atoms in total. The summed E-state index contributed by atoms with van der Waals surface area (Å²) in [5.74, 6) is 0. The third kappa shape index (κ3) is 2.47. The monoisotopic (exact) mass is 220 g/mol. The molecule has 0 aromatic heterocycles. The number of nitrogen functional groups attached to an aromatic ring is 1. The standard InChI is InChI=1S/C13H20N2O/c1-2-8-15(13-7-9-16-10-13)12-5-3-11(14)4-6-12/h3-6,13H,2,7-10,14H2,1H3. The highest BCUT2D eigenvalue weighted by Crippen LogP contribution is 2.23. The summed E-state index contributed by atoms with van der Waals surface area (Å²) in [6.07, 6.45) is 2.28. The number of hydrogen-bond acceptors (Lipinski definition) is 3. The van der Waals surface area contributed by atoms with E-state index in [9.17, 15) is 0 Å². The van der Waals surface area contributed by atoms with Gasteiger partial charge in [-0.1, -0.05) is 6.92 Å². The SMILES string of the molecule is CCCN(c1ccc(N)cc1)C1CCOC1. The molecular formula is C13H20N2O. The van der Waals surface area contributed by atoms with Crippen molar-refractivity contribution in [3.05, 3.63) is 24.3 Å². The van der Waals surface area contributed by atoms with Crippen molar-refractivity contribution in [1.82, 2.24) is 0 Å². The Morgan fingerprint density at radius 1 is 1.38 bits per heavy atom. The second-order valence-electron chi connectivity index (χ2n) is 4.30. The number of hydrogen-bond donors (Lipinski definition) is 1. The fourth-order valence-electron chi connectivity index (χ4n) is 2.20. The van der Waals surface area contributed by atoms with Crippen LogP contribution in [-0.4, -0.2) is 25.8 Å². The highest BCUT2D eigenvalue weighted by atomic mass is 16.5. The third-order valence-electron chi connectivity index (χ3n) is 3.04. The quantitative estimate of drug-likeness (QED) is 0.791. The molecule has 2 rings (SSSR count). The molecule has 1 unspecified atom stereocenters. The molecule has 1 aromatic rings. The zero-order valence-electron chi connectivity index (χ0n) is 9.86. The smallest absolute Gasteiger partial charge is 0.0670 e. The van der Waals surface area contributed by atoms with Gasteiger partial charge in [0.05, 0.1) is 12.6 Å². The normalized spacial score (nSPS) is 19.9. The van der Waals surface area contributed by atoms with Crippen molar-refractivity contribution in [2.75, 3.05) is 30.4 Å². The highest BCUT2D eigenvalue weighted by molar-refractivity contribution is 5.53. The molecule has 0 bridgehead atoms. The van der Waals surface area contributed by atoms with Crippen LogP contribution in [0.25, 0.3) is 0 Å². The molecular weight excluding hydrogens is 200 g/mol. The fourth-order valence-corrected chi connectivity index (χ4v) is 2.20. The summed E-state index contributed by atoms with van der Waals surface area (Å²) in [4.78, 5) is 2.44. The first-order valence-electron chi connectivity index (χ1n) is 6.01. The van der Waals surface area contributed by atoms with Gasteiger partial charge in [-0.15, -0.1) is 0 Å². The van der Waals surface area contributed by atoms with Gasteiger partial charge in [0.25, 0.3) is 0 Å². The topological polar surface area (TPSA) is 38.5 Å². The van der Waals surface area contributed by atoms with Crippen LogP contribution in [0.5, 0.6) is 0 Å². The van der Waals surface area contributed by atoms with E-state index in [1.54, 1.807) is 0 Å². The van der Waals surface area contributed by atoms with E-state index in [0.29, 0.717) is 6.04 Å². The van der Waals surface area contributed by atoms with Gasteiger partial charge in [-0.25, -0.2) is 0 Å². The number of rotatable bonds is 4. The number of nitrogens with two attached hydrogens (primary N) is 1. The van der Waals surface area contributed by atoms with Gasteiger partial charge in [0, 0.05) is 24.5 Å². The van der Waals surface area contributed by atoms with Crippen LogP contribution in [0.15, 0.2) is 24.3 Å². The Morgan fingerprint density at radius 3 is 2.69 bits per heavy atom. The summed E-state index contributed by atoms with van der Waals surface area (Å²) >= 11 is 0. The van der Waals surface area contributed by atoms with Crippen LogP contribution in [0.2, 0.25) is 0 Å². The summed E-state index contributed by atoms with van der Waals surface area (Å²) in [6, 6.07) is 8.66. The summed E-state index contributed by atoms with van der Waals surface area (Å²) < 4.78 is 5.46. The van der Waals surface area contributed by atoms with E-state index in [1.807, 2.05) is 12.1 Å². The van der Waals surface area contributed by atoms with Gasteiger partial charge < -0.3 is 15.4 Å². The van der Waals surface area contributed by atoms with Crippen LogP contribution >= 0.6 is 0 Å². The van der Waals surface area contributed by atoms with Gasteiger partial charge >= 0.3 is 0 Å². The lowest BCUT2D eigenvalue weighted by atomic mass is 10.1. The minimum Gasteiger partial charge on any atom is -0.399 e. The maximum atomic E-state index is 5.71. The minimum atomic E-state index is 0.531. The van der Waals surface area contributed by atoms with Crippen LogP contribution in [0.3, 0.4) is 0 Å². The average molecular weight is 220 g/mol. The van der Waals surface area contributed by atoms with Crippen LogP contribution in [-0.2, 0) is 4.74 Å². The first-order valence-corrected chi connectivity index (χ1v) is 6.01. The zero-order valence-corrected chi connectivity index (χ0v) is 9.86. The predicted molar refractivity (Wildman–Crippen MR) is 67.7 cm³/mol. The molecule has 0 spiro atoms. The Balaban J connectivity index is 2.14. The van der Waals surface area contributed by atoms with Crippen LogP contribution < -0.4 is 10.6 Å². The molecule has 0 amide bonds. The van der Waals surface area contributed by atoms with Gasteiger partial charge in [-0.05, 0) is 37.1 Å². The van der Waals surface area contributed by atoms with Gasteiger partial charge in [0.1, 0.15) is 0 Å². The molecule has 1 aliphatic heterocycles. The Kier molecular flexibility index (Phi) is 3.67. The van der Waals surface area contributed by atoms with E-state index < -0.39 is 0 Å². The van der Waals surface area contributed by atoms with E-state index >= 15 is 0 Å². The lowest BCUT2D eigenvalue weighted by molar-refractivity contribution is 0.193. The number of nitrogens with zero attached hydrogens (tertiary/aromatic N) is 1. The molecule has 1 atom stereocenters. The molecule has 1 saturated heterocycles. The number of benzene rings is 1. The fraction of sp³-hybridized carbons (Fsp3) is 0.538. The van der Waals surface area contributed by atoms with Gasteiger partial charge in [-0.3, -0.25) is 0 Å². The number of ether oxygens (including phenoxy) is 1. The molecule has 0 aliphatic carbocycles. The van der Waals surface area contributed by atoms with Gasteiger partial charge in [0.2, 0.25) is 0 Å². The maximum Gasteiger partial charge on any atom is 0.0670 e. The van der Waals surface area contributed by atoms with Crippen molar-refractivity contribution >= 4 is 11.4 Å². The predicted octanol–water partition coefficient (Wildman–Crippen LogP) is 2.27. The Morgan fingerprint density at radius 2 is 2.12 bits per heavy atom. The minimum absolute atomic E-state index is 0.531. The lowest BCUT2D eigenvalue weighted by Crippen LogP contribution is -2.36. The molecule has 1 aromatic carbocycles. The molecule has 0 radical (unpaired) electrons. The lowest BCUT2D eigenvalue weighted by Gasteiger charge is -2.30. The Hall–Kier alpha value is -1.22. The summed E-state index contributed by atoms with van der Waals surface area (Å²) in [5.41, 5.74) is 7.79. The molecule has 0 saturated carbocycles. The first kappa shape index (κ1) is 11.3. The molecule has 1 fully saturated rings. The Bertz CT molecular complexity index is 317. The summed E-state index contributed by atoms with van der Waals surface area (Å²) in [7, 11) is 0. The molecule has 16 heavy (non-hydrogen) atoms. The van der Waals surface area contributed by atoms with Crippen LogP contribution in [0.4, 0.5) is 11.4 Å². The van der Waals surface area contributed by atoms with E-state index in [0.717, 1.165) is 38.3 Å². The molecule has 88 valence electrons. The van der Waals surface area contributed by atoms with Crippen molar-refractivity contribution in [2.45, 2.75) is 25.8 Å². The largest absolute Gasteiger partial charge is 0.399 e. The Labute approximate surface area is 97.2 Å². The first-order chi connectivity index (χ1) is 7.81.